The first-order valence-corrected chi connectivity index (χ1v) is 7.99. The van der Waals surface area contributed by atoms with Crippen LogP contribution in [0.3, 0.4) is 0 Å². The normalized spacial score (nSPS) is 13.7. The number of hydrogen-bond donors (Lipinski definition) is 1. The lowest BCUT2D eigenvalue weighted by atomic mass is 10.0. The molecule has 0 aliphatic rings. The van der Waals surface area contributed by atoms with E-state index in [1.807, 2.05) is 0 Å². The first kappa shape index (κ1) is 20.5. The second kappa shape index (κ2) is 6.40. The molecule has 0 saturated heterocycles. The van der Waals surface area contributed by atoms with Gasteiger partial charge in [0.25, 0.3) is 0 Å². The summed E-state index contributed by atoms with van der Waals surface area (Å²) in [5.74, 6) is -23.6. The summed E-state index contributed by atoms with van der Waals surface area (Å²) >= 11 is 1.65. The van der Waals surface area contributed by atoms with Gasteiger partial charge < -0.3 is 0 Å². The van der Waals surface area contributed by atoms with Gasteiger partial charge in [0.1, 0.15) is 0 Å². The van der Waals surface area contributed by atoms with Gasteiger partial charge in [-0.25, -0.2) is 4.98 Å². The van der Waals surface area contributed by atoms with Crippen molar-refractivity contribution in [2.75, 3.05) is 5.32 Å². The van der Waals surface area contributed by atoms with Crippen LogP contribution in [0.1, 0.15) is 0 Å². The Morgan fingerprint density at radius 1 is 0.962 bits per heavy atom. The van der Waals surface area contributed by atoms with Gasteiger partial charge in [-0.05, 0) is 11.4 Å². The number of nitrogens with one attached hydrogen (secondary N) is 1. The molecule has 0 unspecified atom stereocenters. The SMILES string of the molecule is O=C(Nc1nc(-c2cccs2)cs1)C(F)(F)C(F)(F)C(F)(F)C(F)(F)F. The number of thiophene rings is 1. The van der Waals surface area contributed by atoms with E-state index in [1.165, 1.54) is 5.38 Å². The predicted molar refractivity (Wildman–Crippen MR) is 75.0 cm³/mol. The molecule has 2 heterocycles. The van der Waals surface area contributed by atoms with Crippen molar-refractivity contribution >= 4 is 33.7 Å². The Morgan fingerprint density at radius 2 is 1.58 bits per heavy atom. The van der Waals surface area contributed by atoms with E-state index >= 15 is 0 Å². The lowest BCUT2D eigenvalue weighted by Crippen LogP contribution is -2.64. The van der Waals surface area contributed by atoms with Crippen molar-refractivity contribution in [3.05, 3.63) is 22.9 Å². The largest absolute Gasteiger partial charge is 0.460 e. The first-order chi connectivity index (χ1) is 11.7. The van der Waals surface area contributed by atoms with Gasteiger partial charge in [0, 0.05) is 5.38 Å². The third kappa shape index (κ3) is 3.26. The van der Waals surface area contributed by atoms with Crippen molar-refractivity contribution < 1.29 is 44.3 Å². The fourth-order valence-corrected chi connectivity index (χ4v) is 3.03. The number of rotatable bonds is 5. The van der Waals surface area contributed by atoms with Crippen LogP contribution in [0.25, 0.3) is 10.6 Å². The van der Waals surface area contributed by atoms with Crippen LogP contribution in [0, 0.1) is 0 Å². The van der Waals surface area contributed by atoms with Gasteiger partial charge in [-0.3, -0.25) is 10.1 Å². The molecule has 0 saturated carbocycles. The Labute approximate surface area is 146 Å². The predicted octanol–water partition coefficient (Wildman–Crippen LogP) is 5.28. The molecule has 26 heavy (non-hydrogen) atoms. The second-order valence-electron chi connectivity index (χ2n) is 4.69. The Balaban J connectivity index is 2.25. The highest BCUT2D eigenvalue weighted by molar-refractivity contribution is 7.16. The second-order valence-corrected chi connectivity index (χ2v) is 6.50. The molecular formula is C12H5F9N2OS2. The van der Waals surface area contributed by atoms with E-state index in [1.54, 1.807) is 17.5 Å². The summed E-state index contributed by atoms with van der Waals surface area (Å²) in [5, 5.41) is 3.32. The van der Waals surface area contributed by atoms with Crippen LogP contribution in [0.2, 0.25) is 0 Å². The van der Waals surface area contributed by atoms with Crippen LogP contribution in [0.5, 0.6) is 0 Å². The lowest BCUT2D eigenvalue weighted by molar-refractivity contribution is -0.388. The molecule has 2 aromatic rings. The van der Waals surface area contributed by atoms with E-state index in [0.29, 0.717) is 16.2 Å². The van der Waals surface area contributed by atoms with Gasteiger partial charge in [0.2, 0.25) is 0 Å². The third-order valence-corrected chi connectivity index (χ3v) is 4.58. The fourth-order valence-electron chi connectivity index (χ4n) is 1.56. The number of halogens is 9. The topological polar surface area (TPSA) is 42.0 Å². The van der Waals surface area contributed by atoms with E-state index in [0.717, 1.165) is 16.7 Å². The molecular weight excluding hydrogens is 423 g/mol. The maximum Gasteiger partial charge on any atom is 0.460 e. The van der Waals surface area contributed by atoms with E-state index in [4.69, 9.17) is 0 Å². The van der Waals surface area contributed by atoms with Crippen LogP contribution in [0.15, 0.2) is 22.9 Å². The average Bonchev–Trinajstić information content (AvgIpc) is 3.15. The highest BCUT2D eigenvalue weighted by atomic mass is 32.1. The molecule has 0 aromatic carbocycles. The Hall–Kier alpha value is -1.83. The van der Waals surface area contributed by atoms with Crippen molar-refractivity contribution in [2.45, 2.75) is 23.9 Å². The molecule has 0 bridgehead atoms. The van der Waals surface area contributed by atoms with Crippen molar-refractivity contribution in [3.63, 3.8) is 0 Å². The van der Waals surface area contributed by atoms with Gasteiger partial charge in [-0.1, -0.05) is 6.07 Å². The summed E-state index contributed by atoms with van der Waals surface area (Å²) in [5.41, 5.74) is 0.163. The molecule has 0 radical (unpaired) electrons. The minimum atomic E-state index is -7.13. The van der Waals surface area contributed by atoms with Gasteiger partial charge in [0.15, 0.2) is 5.13 Å². The van der Waals surface area contributed by atoms with Gasteiger partial charge in [-0.15, -0.1) is 22.7 Å². The van der Waals surface area contributed by atoms with Crippen LogP contribution < -0.4 is 5.32 Å². The van der Waals surface area contributed by atoms with Crippen molar-refractivity contribution in [2.24, 2.45) is 0 Å². The average molecular weight is 428 g/mol. The molecule has 0 fully saturated rings. The molecule has 0 aliphatic carbocycles. The van der Waals surface area contributed by atoms with E-state index < -0.39 is 35.0 Å². The number of alkyl halides is 9. The molecule has 1 amide bonds. The maximum absolute atomic E-state index is 13.4. The van der Waals surface area contributed by atoms with Gasteiger partial charge in [0.05, 0.1) is 10.6 Å². The van der Waals surface area contributed by atoms with E-state index in [9.17, 15) is 44.3 Å². The summed E-state index contributed by atoms with van der Waals surface area (Å²) in [4.78, 5) is 15.4. The molecule has 2 rings (SSSR count). The third-order valence-electron chi connectivity index (χ3n) is 2.93. The highest BCUT2D eigenvalue weighted by Crippen LogP contribution is 2.53. The summed E-state index contributed by atoms with van der Waals surface area (Å²) in [7, 11) is 0. The molecule has 14 heteroatoms. The number of aromatic nitrogens is 1. The monoisotopic (exact) mass is 428 g/mol. The molecule has 0 spiro atoms. The Morgan fingerprint density at radius 3 is 2.08 bits per heavy atom. The van der Waals surface area contributed by atoms with Gasteiger partial charge >= 0.3 is 29.9 Å². The number of hydrogen-bond acceptors (Lipinski definition) is 4. The molecule has 144 valence electrons. The first-order valence-electron chi connectivity index (χ1n) is 6.23. The van der Waals surface area contributed by atoms with Crippen molar-refractivity contribution in [3.8, 4) is 10.6 Å². The Kier molecular flexibility index (Phi) is 5.04. The number of amides is 1. The summed E-state index contributed by atoms with van der Waals surface area (Å²) in [6.45, 7) is 0. The standard InChI is InChI=1S/C12H5F9N2OS2/c13-9(14,10(15,16)11(17,18)12(19,20)21)7(24)23-8-22-5(4-26-8)6-2-1-3-25-6/h1-4H,(H,22,23,24). The van der Waals surface area contributed by atoms with Crippen LogP contribution >= 0.6 is 22.7 Å². The van der Waals surface area contributed by atoms with Gasteiger partial charge in [-0.2, -0.15) is 39.5 Å². The minimum absolute atomic E-state index is 0.163. The number of nitrogens with zero attached hydrogens (tertiary/aromatic N) is 1. The Bertz CT molecular complexity index is 783. The zero-order valence-corrected chi connectivity index (χ0v) is 13.5. The highest BCUT2D eigenvalue weighted by Gasteiger charge is 2.83. The smallest absolute Gasteiger partial charge is 0.296 e. The number of thiazole rings is 1. The zero-order chi connectivity index (χ0) is 20.0. The quantitative estimate of drug-likeness (QED) is 0.659. The van der Waals surface area contributed by atoms with Crippen LogP contribution in [0.4, 0.5) is 44.6 Å². The zero-order valence-electron chi connectivity index (χ0n) is 11.9. The molecule has 0 aliphatic heterocycles. The van der Waals surface area contributed by atoms with E-state index in [2.05, 4.69) is 4.98 Å². The summed E-state index contributed by atoms with van der Waals surface area (Å²) < 4.78 is 115. The molecule has 2 aromatic heterocycles. The van der Waals surface area contributed by atoms with Crippen molar-refractivity contribution in [1.82, 2.24) is 4.98 Å². The van der Waals surface area contributed by atoms with Crippen LogP contribution in [-0.2, 0) is 4.79 Å². The van der Waals surface area contributed by atoms with E-state index in [-0.39, 0.29) is 5.69 Å². The number of anilines is 1. The van der Waals surface area contributed by atoms with Crippen LogP contribution in [-0.4, -0.2) is 34.8 Å². The maximum atomic E-state index is 13.4. The number of carbonyl (C=O) groups excluding carboxylic acids is 1. The molecule has 1 N–H and O–H groups in total. The molecule has 0 atom stereocenters. The summed E-state index contributed by atoms with van der Waals surface area (Å²) in [6.07, 6.45) is -6.99. The molecule has 3 nitrogen and oxygen atoms in total. The lowest BCUT2D eigenvalue weighted by Gasteiger charge is -2.32. The number of carbonyl (C=O) groups is 1. The van der Waals surface area contributed by atoms with Crippen molar-refractivity contribution in [1.29, 1.82) is 0 Å². The fraction of sp³-hybridized carbons (Fsp3) is 0.333. The summed E-state index contributed by atoms with van der Waals surface area (Å²) in [6, 6.07) is 3.16. The minimum Gasteiger partial charge on any atom is -0.296 e.